The van der Waals surface area contributed by atoms with Crippen molar-refractivity contribution in [2.24, 2.45) is 0 Å². The summed E-state index contributed by atoms with van der Waals surface area (Å²) in [6.07, 6.45) is 3.60. The number of amides is 2. The lowest BCUT2D eigenvalue weighted by Crippen LogP contribution is -2.57. The van der Waals surface area contributed by atoms with Crippen LogP contribution in [0.2, 0.25) is 0 Å². The fourth-order valence-electron chi connectivity index (χ4n) is 2.52. The highest BCUT2D eigenvalue weighted by Gasteiger charge is 2.31. The monoisotopic (exact) mass is 329 g/mol. The number of unbranched alkanes of at least 4 members (excludes halogenated alkanes) is 1. The molecule has 2 amide bonds. The van der Waals surface area contributed by atoms with Gasteiger partial charge in [0, 0.05) is 5.38 Å². The Morgan fingerprint density at radius 3 is 2.95 bits per heavy atom. The molecule has 116 valence electrons. The van der Waals surface area contributed by atoms with Crippen LogP contribution in [0.4, 0.5) is 0 Å². The average molecular weight is 330 g/mol. The Labute approximate surface area is 133 Å². The predicted molar refractivity (Wildman–Crippen MR) is 83.4 cm³/mol. The Balaban J connectivity index is 1.76. The van der Waals surface area contributed by atoms with Crippen molar-refractivity contribution in [3.8, 4) is 0 Å². The van der Waals surface area contributed by atoms with Gasteiger partial charge in [0.15, 0.2) is 0 Å². The standard InChI is InChI=1S/C14H20ClN3O2S/c1-2-11-14(20)17-12(19)8-18(11)6-4-3-5-13-16-10(7-15)9-21-13/h9,11H,2-8H2,1H3,(H,17,19,20). The fourth-order valence-corrected chi connectivity index (χ4v) is 3.58. The Bertz CT molecular complexity index is 506. The van der Waals surface area contributed by atoms with Crippen molar-refractivity contribution in [2.75, 3.05) is 13.1 Å². The third kappa shape index (κ3) is 4.49. The van der Waals surface area contributed by atoms with Crippen LogP contribution in [0.1, 0.15) is 36.9 Å². The summed E-state index contributed by atoms with van der Waals surface area (Å²) in [7, 11) is 0. The summed E-state index contributed by atoms with van der Waals surface area (Å²) in [4.78, 5) is 29.6. The third-order valence-corrected chi connectivity index (χ3v) is 4.79. The largest absolute Gasteiger partial charge is 0.294 e. The minimum atomic E-state index is -0.198. The van der Waals surface area contributed by atoms with E-state index in [1.807, 2.05) is 17.2 Å². The van der Waals surface area contributed by atoms with E-state index in [9.17, 15) is 9.59 Å². The van der Waals surface area contributed by atoms with Crippen molar-refractivity contribution in [1.29, 1.82) is 0 Å². The van der Waals surface area contributed by atoms with E-state index < -0.39 is 0 Å². The molecule has 0 spiro atoms. The zero-order valence-electron chi connectivity index (χ0n) is 12.1. The molecule has 0 radical (unpaired) electrons. The maximum atomic E-state index is 11.7. The second-order valence-corrected chi connectivity index (χ2v) is 6.34. The summed E-state index contributed by atoms with van der Waals surface area (Å²) in [5, 5.41) is 5.49. The van der Waals surface area contributed by atoms with Crippen molar-refractivity contribution in [1.82, 2.24) is 15.2 Å². The molecule has 0 saturated carbocycles. The molecule has 1 saturated heterocycles. The molecule has 1 aliphatic rings. The lowest BCUT2D eigenvalue weighted by atomic mass is 10.1. The van der Waals surface area contributed by atoms with Crippen LogP contribution in [0, 0.1) is 0 Å². The topological polar surface area (TPSA) is 62.3 Å². The molecule has 1 N–H and O–H groups in total. The molecule has 21 heavy (non-hydrogen) atoms. The number of thiazole rings is 1. The minimum absolute atomic E-state index is 0.166. The summed E-state index contributed by atoms with van der Waals surface area (Å²) >= 11 is 7.37. The molecular weight excluding hydrogens is 310 g/mol. The molecule has 1 aliphatic heterocycles. The first-order valence-electron chi connectivity index (χ1n) is 7.21. The maximum Gasteiger partial charge on any atom is 0.243 e. The molecule has 0 bridgehead atoms. The van der Waals surface area contributed by atoms with Gasteiger partial charge in [-0.05, 0) is 32.2 Å². The van der Waals surface area contributed by atoms with Crippen molar-refractivity contribution >= 4 is 34.8 Å². The Hall–Kier alpha value is -0.980. The normalized spacial score (nSPS) is 19.8. The summed E-state index contributed by atoms with van der Waals surface area (Å²) in [5.74, 6) is 0.0939. The van der Waals surface area contributed by atoms with E-state index in [0.29, 0.717) is 12.4 Å². The lowest BCUT2D eigenvalue weighted by molar-refractivity contribution is -0.140. The van der Waals surface area contributed by atoms with Crippen LogP contribution in [0.15, 0.2) is 5.38 Å². The number of aryl methyl sites for hydroxylation is 1. The SMILES string of the molecule is CCC1C(=O)NC(=O)CN1CCCCc1nc(CCl)cs1. The summed E-state index contributed by atoms with van der Waals surface area (Å²) in [5.41, 5.74) is 0.931. The molecule has 2 rings (SSSR count). The van der Waals surface area contributed by atoms with Gasteiger partial charge >= 0.3 is 0 Å². The van der Waals surface area contributed by atoms with E-state index in [0.717, 1.165) is 42.9 Å². The van der Waals surface area contributed by atoms with Gasteiger partial charge < -0.3 is 0 Å². The number of alkyl halides is 1. The average Bonchev–Trinajstić information content (AvgIpc) is 2.91. The van der Waals surface area contributed by atoms with Crippen molar-refractivity contribution in [2.45, 2.75) is 44.5 Å². The number of imide groups is 1. The van der Waals surface area contributed by atoms with Gasteiger partial charge in [-0.1, -0.05) is 6.92 Å². The summed E-state index contributed by atoms with van der Waals surface area (Å²) < 4.78 is 0. The van der Waals surface area contributed by atoms with Crippen molar-refractivity contribution in [3.63, 3.8) is 0 Å². The van der Waals surface area contributed by atoms with Gasteiger partial charge in [-0.3, -0.25) is 19.8 Å². The second kappa shape index (κ2) is 7.87. The van der Waals surface area contributed by atoms with Gasteiger partial charge in [-0.15, -0.1) is 22.9 Å². The van der Waals surface area contributed by atoms with E-state index in [4.69, 9.17) is 11.6 Å². The first-order chi connectivity index (χ1) is 10.1. The molecule has 1 aromatic rings. The number of hydrogen-bond donors (Lipinski definition) is 1. The van der Waals surface area contributed by atoms with Crippen LogP contribution in [-0.4, -0.2) is 40.8 Å². The highest BCUT2D eigenvalue weighted by molar-refractivity contribution is 7.09. The van der Waals surface area contributed by atoms with Gasteiger partial charge in [0.05, 0.1) is 29.2 Å². The zero-order chi connectivity index (χ0) is 15.2. The van der Waals surface area contributed by atoms with Gasteiger partial charge in [0.1, 0.15) is 0 Å². The maximum absolute atomic E-state index is 11.7. The molecule has 1 fully saturated rings. The number of carbonyl (C=O) groups is 2. The molecule has 2 heterocycles. The summed E-state index contributed by atoms with van der Waals surface area (Å²) in [6, 6.07) is -0.176. The van der Waals surface area contributed by atoms with Crippen LogP contribution in [-0.2, 0) is 21.9 Å². The molecule has 1 aromatic heterocycles. The number of halogens is 1. The fraction of sp³-hybridized carbons (Fsp3) is 0.643. The summed E-state index contributed by atoms with van der Waals surface area (Å²) in [6.45, 7) is 3.06. The number of nitrogens with zero attached hydrogens (tertiary/aromatic N) is 2. The molecule has 5 nitrogen and oxygen atoms in total. The quantitative estimate of drug-likeness (QED) is 0.472. The molecule has 7 heteroatoms. The number of hydrogen-bond acceptors (Lipinski definition) is 5. The van der Waals surface area contributed by atoms with Crippen LogP contribution in [0.3, 0.4) is 0 Å². The first-order valence-corrected chi connectivity index (χ1v) is 8.62. The molecule has 0 aromatic carbocycles. The van der Waals surface area contributed by atoms with Gasteiger partial charge in [-0.2, -0.15) is 0 Å². The van der Waals surface area contributed by atoms with Gasteiger partial charge in [-0.25, -0.2) is 4.98 Å². The van der Waals surface area contributed by atoms with E-state index in [-0.39, 0.29) is 17.9 Å². The van der Waals surface area contributed by atoms with Crippen LogP contribution in [0.5, 0.6) is 0 Å². The molecule has 0 aliphatic carbocycles. The first kappa shape index (κ1) is 16.4. The molecule has 1 atom stereocenters. The smallest absolute Gasteiger partial charge is 0.243 e. The highest BCUT2D eigenvalue weighted by Crippen LogP contribution is 2.15. The predicted octanol–water partition coefficient (Wildman–Crippen LogP) is 1.94. The Morgan fingerprint density at radius 1 is 1.48 bits per heavy atom. The van der Waals surface area contributed by atoms with E-state index in [2.05, 4.69) is 10.3 Å². The number of piperazine rings is 1. The van der Waals surface area contributed by atoms with Gasteiger partial charge in [0.2, 0.25) is 11.8 Å². The van der Waals surface area contributed by atoms with Gasteiger partial charge in [0.25, 0.3) is 0 Å². The number of aromatic nitrogens is 1. The van der Waals surface area contributed by atoms with E-state index in [1.165, 1.54) is 0 Å². The lowest BCUT2D eigenvalue weighted by Gasteiger charge is -2.33. The van der Waals surface area contributed by atoms with Crippen LogP contribution in [0.25, 0.3) is 0 Å². The second-order valence-electron chi connectivity index (χ2n) is 5.13. The third-order valence-electron chi connectivity index (χ3n) is 3.56. The Morgan fingerprint density at radius 2 is 2.29 bits per heavy atom. The highest BCUT2D eigenvalue weighted by atomic mass is 35.5. The zero-order valence-corrected chi connectivity index (χ0v) is 13.7. The number of carbonyl (C=O) groups excluding carboxylic acids is 2. The number of nitrogens with one attached hydrogen (secondary N) is 1. The van der Waals surface area contributed by atoms with Crippen LogP contribution < -0.4 is 5.32 Å². The molecular formula is C14H20ClN3O2S. The van der Waals surface area contributed by atoms with E-state index >= 15 is 0 Å². The van der Waals surface area contributed by atoms with Crippen LogP contribution >= 0.6 is 22.9 Å². The van der Waals surface area contributed by atoms with E-state index in [1.54, 1.807) is 11.3 Å². The Kier molecular flexibility index (Phi) is 6.14. The van der Waals surface area contributed by atoms with Crippen molar-refractivity contribution < 1.29 is 9.59 Å². The molecule has 1 unspecified atom stereocenters. The van der Waals surface area contributed by atoms with Crippen molar-refractivity contribution in [3.05, 3.63) is 16.1 Å². The number of rotatable bonds is 7. The minimum Gasteiger partial charge on any atom is -0.294 e.